The first-order valence-electron chi connectivity index (χ1n) is 9.96. The lowest BCUT2D eigenvalue weighted by Crippen LogP contribution is -2.11. The Morgan fingerprint density at radius 1 is 0.931 bits per heavy atom. The Bertz CT molecular complexity index is 1390. The molecule has 1 aliphatic carbocycles. The summed E-state index contributed by atoms with van der Waals surface area (Å²) in [6.07, 6.45) is 4.43. The Morgan fingerprint density at radius 2 is 1.59 bits per heavy atom. The third kappa shape index (κ3) is 2.37. The number of aromatic nitrogens is 2. The third-order valence-corrected chi connectivity index (χ3v) is 7.08. The number of hydrogen-bond donors (Lipinski definition) is 1. The van der Waals surface area contributed by atoms with Gasteiger partial charge in [0.2, 0.25) is 0 Å². The van der Waals surface area contributed by atoms with Crippen molar-refractivity contribution in [2.45, 2.75) is 25.7 Å². The third-order valence-electron chi connectivity index (χ3n) is 5.98. The van der Waals surface area contributed by atoms with Gasteiger partial charge < -0.3 is 5.73 Å². The van der Waals surface area contributed by atoms with Crippen LogP contribution in [0.4, 0.5) is 5.69 Å². The molecule has 2 N–H and O–H groups in total. The van der Waals surface area contributed by atoms with E-state index in [0.29, 0.717) is 10.6 Å². The molecule has 3 heterocycles. The quantitative estimate of drug-likeness (QED) is 0.403. The molecular weight excluding hydrogens is 378 g/mol. The van der Waals surface area contributed by atoms with Crippen LogP contribution in [0, 0.1) is 0 Å². The van der Waals surface area contributed by atoms with Crippen LogP contribution in [0.25, 0.3) is 32.0 Å². The number of nitrogens with two attached hydrogens (primary N) is 1. The van der Waals surface area contributed by atoms with Gasteiger partial charge in [0, 0.05) is 21.9 Å². The molecule has 1 aliphatic rings. The van der Waals surface area contributed by atoms with Gasteiger partial charge in [0.15, 0.2) is 0 Å². The van der Waals surface area contributed by atoms with Gasteiger partial charge in [-0.2, -0.15) is 0 Å². The number of aryl methyl sites for hydroxylation is 2. The van der Waals surface area contributed by atoms with Gasteiger partial charge >= 0.3 is 0 Å². The van der Waals surface area contributed by atoms with Gasteiger partial charge in [0.1, 0.15) is 9.71 Å². The number of fused-ring (bicyclic) bond motifs is 5. The summed E-state index contributed by atoms with van der Waals surface area (Å²) in [5.74, 6) is -0.0825. The summed E-state index contributed by atoms with van der Waals surface area (Å²) in [6.45, 7) is 0. The van der Waals surface area contributed by atoms with Crippen molar-refractivity contribution >= 4 is 55.0 Å². The van der Waals surface area contributed by atoms with Crippen LogP contribution in [0.2, 0.25) is 0 Å². The molecule has 0 atom stereocenters. The highest BCUT2D eigenvalue weighted by atomic mass is 32.1. The van der Waals surface area contributed by atoms with E-state index in [1.807, 2.05) is 36.4 Å². The monoisotopic (exact) mass is 397 g/mol. The van der Waals surface area contributed by atoms with Crippen molar-refractivity contribution in [3.63, 3.8) is 0 Å². The summed E-state index contributed by atoms with van der Waals surface area (Å²) in [7, 11) is 0. The van der Waals surface area contributed by atoms with Crippen molar-refractivity contribution in [3.05, 3.63) is 70.7 Å². The van der Waals surface area contributed by atoms with Crippen molar-refractivity contribution in [1.82, 2.24) is 9.55 Å². The molecule has 0 amide bonds. The second-order valence-corrected chi connectivity index (χ2v) is 8.67. The average molecular weight is 398 g/mol. The molecule has 6 rings (SSSR count). The van der Waals surface area contributed by atoms with E-state index in [9.17, 15) is 4.79 Å². The lowest BCUT2D eigenvalue weighted by atomic mass is 9.95. The lowest BCUT2D eigenvalue weighted by molar-refractivity contribution is 0.0974. The minimum Gasteiger partial charge on any atom is -0.397 e. The number of hydrogen-bond acceptors (Lipinski definition) is 4. The maximum atomic E-state index is 13.7. The zero-order valence-electron chi connectivity index (χ0n) is 15.8. The van der Waals surface area contributed by atoms with Gasteiger partial charge in [0.05, 0.1) is 16.7 Å². The number of carbonyl (C=O) groups excluding carboxylic acids is 1. The molecule has 0 fully saturated rings. The zero-order chi connectivity index (χ0) is 19.5. The van der Waals surface area contributed by atoms with Crippen LogP contribution < -0.4 is 5.73 Å². The Hall–Kier alpha value is -3.18. The second kappa shape index (κ2) is 6.16. The van der Waals surface area contributed by atoms with Gasteiger partial charge in [-0.15, -0.1) is 11.3 Å². The molecule has 2 aromatic carbocycles. The van der Waals surface area contributed by atoms with Crippen molar-refractivity contribution in [3.8, 4) is 0 Å². The van der Waals surface area contributed by atoms with Crippen LogP contribution in [0.5, 0.6) is 0 Å². The van der Waals surface area contributed by atoms with E-state index in [1.165, 1.54) is 35.4 Å². The van der Waals surface area contributed by atoms with Crippen molar-refractivity contribution < 1.29 is 4.79 Å². The highest BCUT2D eigenvalue weighted by molar-refractivity contribution is 7.21. The van der Waals surface area contributed by atoms with E-state index in [-0.39, 0.29) is 5.91 Å². The number of carbonyl (C=O) groups is 1. The molecule has 0 radical (unpaired) electrons. The first kappa shape index (κ1) is 16.7. The number of nitrogens with zero attached hydrogens (tertiary/aromatic N) is 2. The molecular formula is C24H19N3OS. The summed E-state index contributed by atoms with van der Waals surface area (Å²) < 4.78 is 1.80. The first-order chi connectivity index (χ1) is 14.2. The Morgan fingerprint density at radius 3 is 2.31 bits per heavy atom. The number of benzene rings is 2. The van der Waals surface area contributed by atoms with E-state index in [0.717, 1.165) is 44.9 Å². The number of pyridine rings is 1. The largest absolute Gasteiger partial charge is 0.397 e. The zero-order valence-corrected chi connectivity index (χ0v) is 16.6. The summed E-state index contributed by atoms with van der Waals surface area (Å²) in [5, 5.41) is 3.06. The van der Waals surface area contributed by atoms with E-state index < -0.39 is 0 Å². The molecule has 0 unspecified atom stereocenters. The molecule has 0 aliphatic heterocycles. The maximum absolute atomic E-state index is 13.7. The van der Waals surface area contributed by atoms with Gasteiger partial charge in [0.25, 0.3) is 5.91 Å². The van der Waals surface area contributed by atoms with Crippen LogP contribution in [0.15, 0.2) is 54.6 Å². The van der Waals surface area contributed by atoms with Gasteiger partial charge in [-0.1, -0.05) is 36.4 Å². The highest BCUT2D eigenvalue weighted by Crippen LogP contribution is 2.37. The first-order valence-corrected chi connectivity index (χ1v) is 10.8. The topological polar surface area (TPSA) is 60.9 Å². The predicted octanol–water partition coefficient (Wildman–Crippen LogP) is 5.55. The van der Waals surface area contributed by atoms with Gasteiger partial charge in [-0.3, -0.25) is 9.36 Å². The van der Waals surface area contributed by atoms with Crippen molar-refractivity contribution in [1.29, 1.82) is 0 Å². The normalized spacial score (nSPS) is 13.9. The molecule has 0 spiro atoms. The molecule has 5 aromatic rings. The number of thiophene rings is 1. The molecule has 5 heteroatoms. The summed E-state index contributed by atoms with van der Waals surface area (Å²) in [4.78, 5) is 20.0. The second-order valence-electron chi connectivity index (χ2n) is 7.67. The smallest absolute Gasteiger partial charge is 0.275 e. The van der Waals surface area contributed by atoms with Crippen LogP contribution in [-0.4, -0.2) is 15.5 Å². The van der Waals surface area contributed by atoms with Crippen LogP contribution >= 0.6 is 11.3 Å². The van der Waals surface area contributed by atoms with Crippen molar-refractivity contribution in [2.24, 2.45) is 0 Å². The molecule has 0 saturated carbocycles. The minimum atomic E-state index is -0.0825. The minimum absolute atomic E-state index is 0.0825. The van der Waals surface area contributed by atoms with Gasteiger partial charge in [-0.25, -0.2) is 4.98 Å². The highest BCUT2D eigenvalue weighted by Gasteiger charge is 2.24. The molecule has 0 bridgehead atoms. The number of para-hydroxylation sites is 2. The molecule has 29 heavy (non-hydrogen) atoms. The Balaban J connectivity index is 1.60. The maximum Gasteiger partial charge on any atom is 0.275 e. The summed E-state index contributed by atoms with van der Waals surface area (Å²) >= 11 is 1.41. The summed E-state index contributed by atoms with van der Waals surface area (Å²) in [5.41, 5.74) is 11.3. The average Bonchev–Trinajstić information content (AvgIpc) is 3.27. The van der Waals surface area contributed by atoms with Crippen LogP contribution in [0.1, 0.15) is 33.8 Å². The number of nitrogen functional groups attached to an aromatic ring is 1. The van der Waals surface area contributed by atoms with Gasteiger partial charge in [-0.05, 0) is 49.4 Å². The van der Waals surface area contributed by atoms with E-state index in [2.05, 4.69) is 18.2 Å². The van der Waals surface area contributed by atoms with E-state index in [4.69, 9.17) is 10.7 Å². The fraction of sp³-hybridized carbons (Fsp3) is 0.167. The predicted molar refractivity (Wildman–Crippen MR) is 120 cm³/mol. The molecule has 3 aromatic heterocycles. The van der Waals surface area contributed by atoms with E-state index in [1.54, 1.807) is 4.57 Å². The van der Waals surface area contributed by atoms with Crippen molar-refractivity contribution in [2.75, 3.05) is 5.73 Å². The molecule has 0 saturated heterocycles. The standard InChI is InChI=1S/C24H19N3OS/c25-21-17-13-14-7-1-4-10-18(14)26-23(17)29-22(21)24(28)27-19-11-5-2-8-15(19)16-9-3-6-12-20(16)27/h2-3,5-6,8-9,11-13H,1,4,7,10,25H2. The Kier molecular flexibility index (Phi) is 3.56. The van der Waals surface area contributed by atoms with Crippen LogP contribution in [-0.2, 0) is 12.8 Å². The van der Waals surface area contributed by atoms with Crippen LogP contribution in [0.3, 0.4) is 0 Å². The fourth-order valence-corrected chi connectivity index (χ4v) is 5.59. The Labute approximate surface area is 171 Å². The lowest BCUT2D eigenvalue weighted by Gasteiger charge is -2.14. The summed E-state index contributed by atoms with van der Waals surface area (Å²) in [6, 6.07) is 18.2. The number of anilines is 1. The van der Waals surface area contributed by atoms with E-state index >= 15 is 0 Å². The molecule has 142 valence electrons. The SMILES string of the molecule is Nc1c(C(=O)n2c3ccccc3c3ccccc32)sc2nc3c(cc12)CCCC3. The molecule has 4 nitrogen and oxygen atoms in total. The fourth-order valence-electron chi connectivity index (χ4n) is 4.56. The number of rotatable bonds is 1.